The number of aromatic nitrogens is 1. The van der Waals surface area contributed by atoms with E-state index < -0.39 is 0 Å². The first kappa shape index (κ1) is 15.8. The largest absolute Gasteiger partial charge is 0.467 e. The van der Waals surface area contributed by atoms with Crippen LogP contribution in [-0.4, -0.2) is 15.9 Å². The second-order valence-electron chi connectivity index (χ2n) is 5.44. The van der Waals surface area contributed by atoms with Crippen LogP contribution in [0.15, 0.2) is 77.7 Å². The normalized spacial score (nSPS) is 10.3. The van der Waals surface area contributed by atoms with Gasteiger partial charge in [0.1, 0.15) is 5.76 Å². The number of nitrogens with zero attached hydrogens (tertiary/aromatic N) is 2. The number of benzene rings is 1. The fourth-order valence-electron chi connectivity index (χ4n) is 2.39. The topological polar surface area (TPSA) is 58.4 Å². The lowest BCUT2D eigenvalue weighted by Crippen LogP contribution is -2.38. The Bertz CT molecular complexity index is 743. The average Bonchev–Trinajstić information content (AvgIpc) is 3.14. The first-order valence-electron chi connectivity index (χ1n) is 7.79. The van der Waals surface area contributed by atoms with Crippen LogP contribution >= 0.6 is 0 Å². The maximum atomic E-state index is 12.6. The maximum absolute atomic E-state index is 12.6. The van der Waals surface area contributed by atoms with Gasteiger partial charge in [0.25, 0.3) is 0 Å². The van der Waals surface area contributed by atoms with Crippen LogP contribution in [0.25, 0.3) is 0 Å². The number of rotatable bonds is 6. The Morgan fingerprint density at radius 3 is 2.54 bits per heavy atom. The number of furan rings is 1. The highest BCUT2D eigenvalue weighted by molar-refractivity contribution is 5.74. The van der Waals surface area contributed by atoms with Crippen LogP contribution in [0.5, 0.6) is 0 Å². The molecule has 0 aliphatic carbocycles. The molecule has 3 aromatic rings. The van der Waals surface area contributed by atoms with Crippen molar-refractivity contribution >= 4 is 6.03 Å². The number of carbonyl (C=O) groups excluding carboxylic acids is 1. The van der Waals surface area contributed by atoms with Crippen molar-refractivity contribution in [1.82, 2.24) is 15.2 Å². The summed E-state index contributed by atoms with van der Waals surface area (Å²) in [4.78, 5) is 18.4. The van der Waals surface area contributed by atoms with Crippen LogP contribution in [0.2, 0.25) is 0 Å². The van der Waals surface area contributed by atoms with Crippen molar-refractivity contribution in [3.05, 3.63) is 90.1 Å². The summed E-state index contributed by atoms with van der Waals surface area (Å²) < 4.78 is 5.38. The molecule has 0 aliphatic rings. The van der Waals surface area contributed by atoms with Crippen LogP contribution in [0.4, 0.5) is 4.79 Å². The summed E-state index contributed by atoms with van der Waals surface area (Å²) in [6.07, 6.45) is 5.09. The van der Waals surface area contributed by atoms with E-state index in [2.05, 4.69) is 10.3 Å². The van der Waals surface area contributed by atoms with Gasteiger partial charge >= 0.3 is 6.03 Å². The zero-order chi connectivity index (χ0) is 16.6. The molecular weight excluding hydrogens is 302 g/mol. The first-order chi connectivity index (χ1) is 11.8. The summed E-state index contributed by atoms with van der Waals surface area (Å²) >= 11 is 0. The summed E-state index contributed by atoms with van der Waals surface area (Å²) in [6, 6.07) is 17.2. The van der Waals surface area contributed by atoms with Crippen molar-refractivity contribution in [3.63, 3.8) is 0 Å². The zero-order valence-corrected chi connectivity index (χ0v) is 13.3. The molecule has 0 spiro atoms. The van der Waals surface area contributed by atoms with Gasteiger partial charge in [-0.05, 0) is 29.3 Å². The molecule has 1 aromatic carbocycles. The number of pyridine rings is 1. The Kier molecular flexibility index (Phi) is 5.24. The van der Waals surface area contributed by atoms with Crippen molar-refractivity contribution in [2.24, 2.45) is 0 Å². The van der Waals surface area contributed by atoms with Gasteiger partial charge in [-0.2, -0.15) is 0 Å². The predicted molar refractivity (Wildman–Crippen MR) is 90.9 cm³/mol. The molecule has 0 fully saturated rings. The average molecular weight is 321 g/mol. The summed E-state index contributed by atoms with van der Waals surface area (Å²) in [5, 5.41) is 2.96. The third-order valence-electron chi connectivity index (χ3n) is 3.60. The van der Waals surface area contributed by atoms with Crippen LogP contribution in [0.1, 0.15) is 16.9 Å². The fourth-order valence-corrected chi connectivity index (χ4v) is 2.39. The van der Waals surface area contributed by atoms with Gasteiger partial charge < -0.3 is 14.6 Å². The van der Waals surface area contributed by atoms with E-state index in [0.29, 0.717) is 19.6 Å². The lowest BCUT2D eigenvalue weighted by molar-refractivity contribution is 0.187. The number of nitrogens with one attached hydrogen (secondary N) is 1. The van der Waals surface area contributed by atoms with Gasteiger partial charge in [0.05, 0.1) is 12.8 Å². The molecule has 0 atom stereocenters. The van der Waals surface area contributed by atoms with Gasteiger partial charge in [-0.3, -0.25) is 4.98 Å². The van der Waals surface area contributed by atoms with E-state index in [9.17, 15) is 4.79 Å². The molecule has 5 nitrogen and oxygen atoms in total. The SMILES string of the molecule is O=C(NCc1ccccc1)N(Cc1cccnc1)Cc1ccco1. The molecule has 2 heterocycles. The summed E-state index contributed by atoms with van der Waals surface area (Å²) in [5.41, 5.74) is 2.03. The minimum absolute atomic E-state index is 0.140. The molecule has 0 aliphatic heterocycles. The molecule has 0 bridgehead atoms. The molecular formula is C19H19N3O2. The molecule has 0 radical (unpaired) electrons. The van der Waals surface area contributed by atoms with Gasteiger partial charge in [-0.15, -0.1) is 0 Å². The van der Waals surface area contributed by atoms with E-state index in [1.165, 1.54) is 0 Å². The van der Waals surface area contributed by atoms with Gasteiger partial charge in [-0.1, -0.05) is 36.4 Å². The Morgan fingerprint density at radius 2 is 1.83 bits per heavy atom. The van der Waals surface area contributed by atoms with Crippen molar-refractivity contribution in [1.29, 1.82) is 0 Å². The molecule has 3 rings (SSSR count). The Morgan fingerprint density at radius 1 is 1.00 bits per heavy atom. The van der Waals surface area contributed by atoms with Crippen LogP contribution in [0, 0.1) is 0 Å². The fraction of sp³-hybridized carbons (Fsp3) is 0.158. The Hall–Kier alpha value is -3.08. The number of urea groups is 1. The third kappa shape index (κ3) is 4.46. The van der Waals surface area contributed by atoms with Crippen LogP contribution in [-0.2, 0) is 19.6 Å². The van der Waals surface area contributed by atoms with Gasteiger partial charge in [0, 0.05) is 25.5 Å². The van der Waals surface area contributed by atoms with E-state index >= 15 is 0 Å². The quantitative estimate of drug-likeness (QED) is 0.755. The molecule has 122 valence electrons. The summed E-state index contributed by atoms with van der Waals surface area (Å²) in [6.45, 7) is 1.36. The monoisotopic (exact) mass is 321 g/mol. The smallest absolute Gasteiger partial charge is 0.318 e. The first-order valence-corrected chi connectivity index (χ1v) is 7.79. The van der Waals surface area contributed by atoms with Crippen molar-refractivity contribution < 1.29 is 9.21 Å². The second-order valence-corrected chi connectivity index (χ2v) is 5.44. The molecule has 5 heteroatoms. The molecule has 0 saturated heterocycles. The molecule has 0 saturated carbocycles. The Balaban J connectivity index is 1.67. The van der Waals surface area contributed by atoms with Gasteiger partial charge in [-0.25, -0.2) is 4.79 Å². The predicted octanol–water partition coefficient (Wildman–Crippen LogP) is 3.59. The summed E-state index contributed by atoms with van der Waals surface area (Å²) in [5.74, 6) is 0.744. The Labute approximate surface area is 140 Å². The van der Waals surface area contributed by atoms with E-state index in [1.807, 2.05) is 54.6 Å². The maximum Gasteiger partial charge on any atom is 0.318 e. The molecule has 0 unspecified atom stereocenters. The van der Waals surface area contributed by atoms with E-state index in [4.69, 9.17) is 4.42 Å². The number of amides is 2. The van der Waals surface area contributed by atoms with Gasteiger partial charge in [0.2, 0.25) is 0 Å². The van der Waals surface area contributed by atoms with Crippen molar-refractivity contribution in [3.8, 4) is 0 Å². The highest BCUT2D eigenvalue weighted by atomic mass is 16.3. The number of hydrogen-bond donors (Lipinski definition) is 1. The lowest BCUT2D eigenvalue weighted by atomic mass is 10.2. The minimum Gasteiger partial charge on any atom is -0.467 e. The molecule has 2 aromatic heterocycles. The van der Waals surface area contributed by atoms with E-state index in [0.717, 1.165) is 16.9 Å². The number of carbonyl (C=O) groups is 1. The van der Waals surface area contributed by atoms with E-state index in [-0.39, 0.29) is 6.03 Å². The van der Waals surface area contributed by atoms with Crippen molar-refractivity contribution in [2.45, 2.75) is 19.6 Å². The third-order valence-corrected chi connectivity index (χ3v) is 3.60. The van der Waals surface area contributed by atoms with Crippen LogP contribution in [0.3, 0.4) is 0 Å². The molecule has 2 amide bonds. The van der Waals surface area contributed by atoms with Crippen LogP contribution < -0.4 is 5.32 Å². The standard InChI is InChI=1S/C19H19N3O2/c23-19(21-13-16-6-2-1-3-7-16)22(15-18-9-5-11-24-18)14-17-8-4-10-20-12-17/h1-12H,13-15H2,(H,21,23). The highest BCUT2D eigenvalue weighted by Gasteiger charge is 2.15. The van der Waals surface area contributed by atoms with E-state index in [1.54, 1.807) is 23.6 Å². The highest BCUT2D eigenvalue weighted by Crippen LogP contribution is 2.10. The second kappa shape index (κ2) is 7.97. The van der Waals surface area contributed by atoms with Crippen molar-refractivity contribution in [2.75, 3.05) is 0 Å². The zero-order valence-electron chi connectivity index (χ0n) is 13.3. The van der Waals surface area contributed by atoms with Gasteiger partial charge in [0.15, 0.2) is 0 Å². The molecule has 1 N–H and O–H groups in total. The molecule has 24 heavy (non-hydrogen) atoms. The lowest BCUT2D eigenvalue weighted by Gasteiger charge is -2.22. The number of hydrogen-bond acceptors (Lipinski definition) is 3. The minimum atomic E-state index is -0.140. The summed E-state index contributed by atoms with van der Waals surface area (Å²) in [7, 11) is 0.